The Hall–Kier alpha value is -3.64. The standard InChI is InChI=1S/C33H34FN3O2/c1-22(19-37-32(38)27-12-4-5-13-28(27)33(37)39)29(34)21-36(30-14-6-10-25-11-7-17-35-31(25)30)20-23-15-16-24-8-2-3-9-26(24)18-23/h2-5,7-9,11-13,17,23,30H,6,10,14-16,18-21H2,1H3/b29-22+/t23-,30+/m1/s1. The van der Waals surface area contributed by atoms with Crippen molar-refractivity contribution in [3.63, 3.8) is 0 Å². The Morgan fingerprint density at radius 1 is 0.923 bits per heavy atom. The van der Waals surface area contributed by atoms with Crippen molar-refractivity contribution in [2.24, 2.45) is 5.92 Å². The lowest BCUT2D eigenvalue weighted by molar-refractivity contribution is 0.0666. The number of benzene rings is 2. The summed E-state index contributed by atoms with van der Waals surface area (Å²) < 4.78 is 16.0. The molecule has 1 aromatic heterocycles. The minimum absolute atomic E-state index is 0.0394. The van der Waals surface area contributed by atoms with Crippen LogP contribution in [0.15, 0.2) is 78.3 Å². The van der Waals surface area contributed by atoms with Gasteiger partial charge < -0.3 is 0 Å². The van der Waals surface area contributed by atoms with Crippen molar-refractivity contribution in [1.29, 1.82) is 0 Å². The average molecular weight is 524 g/mol. The summed E-state index contributed by atoms with van der Waals surface area (Å²) in [6, 6.07) is 19.6. The molecule has 2 atom stereocenters. The Bertz CT molecular complexity index is 1410. The van der Waals surface area contributed by atoms with Gasteiger partial charge in [0.2, 0.25) is 0 Å². The zero-order valence-corrected chi connectivity index (χ0v) is 22.4. The molecule has 2 amide bonds. The molecule has 0 bridgehead atoms. The molecule has 0 radical (unpaired) electrons. The molecule has 0 saturated carbocycles. The van der Waals surface area contributed by atoms with Gasteiger partial charge in [-0.1, -0.05) is 42.5 Å². The molecule has 0 unspecified atom stereocenters. The minimum atomic E-state index is -0.356. The first kappa shape index (κ1) is 25.6. The monoisotopic (exact) mass is 523 g/mol. The lowest BCUT2D eigenvalue weighted by atomic mass is 9.83. The summed E-state index contributed by atoms with van der Waals surface area (Å²) >= 11 is 0. The molecule has 6 rings (SSSR count). The number of carbonyl (C=O) groups is 2. The predicted octanol–water partition coefficient (Wildman–Crippen LogP) is 6.11. The molecule has 3 aromatic rings. The van der Waals surface area contributed by atoms with Crippen molar-refractivity contribution in [3.8, 4) is 0 Å². The molecule has 2 aliphatic carbocycles. The number of rotatable bonds is 7. The zero-order chi connectivity index (χ0) is 26.9. The largest absolute Gasteiger partial charge is 0.288 e. The van der Waals surface area contributed by atoms with Crippen molar-refractivity contribution in [3.05, 3.63) is 112 Å². The number of fused-ring (bicyclic) bond motifs is 3. The van der Waals surface area contributed by atoms with E-state index >= 15 is 4.39 Å². The molecular formula is C33H34FN3O2. The number of imide groups is 1. The maximum Gasteiger partial charge on any atom is 0.261 e. The first-order valence-electron chi connectivity index (χ1n) is 14.0. The fraction of sp³-hybridized carbons (Fsp3) is 0.364. The van der Waals surface area contributed by atoms with Crippen molar-refractivity contribution in [2.75, 3.05) is 19.6 Å². The fourth-order valence-electron chi connectivity index (χ4n) is 6.52. The van der Waals surface area contributed by atoms with Crippen LogP contribution >= 0.6 is 0 Å². The Kier molecular flexibility index (Phi) is 7.13. The quantitative estimate of drug-likeness (QED) is 0.351. The number of pyridine rings is 1. The van der Waals surface area contributed by atoms with Crippen LogP contribution in [0.25, 0.3) is 0 Å². The molecule has 0 saturated heterocycles. The van der Waals surface area contributed by atoms with Crippen LogP contribution in [0, 0.1) is 5.92 Å². The summed E-state index contributed by atoms with van der Waals surface area (Å²) in [6.45, 7) is 2.58. The van der Waals surface area contributed by atoms with E-state index in [0.29, 0.717) is 22.6 Å². The van der Waals surface area contributed by atoms with Gasteiger partial charge in [-0.05, 0) is 91.8 Å². The highest BCUT2D eigenvalue weighted by molar-refractivity contribution is 6.21. The predicted molar refractivity (Wildman–Crippen MR) is 149 cm³/mol. The molecule has 0 spiro atoms. The van der Waals surface area contributed by atoms with Gasteiger partial charge in [-0.25, -0.2) is 4.39 Å². The van der Waals surface area contributed by atoms with Crippen LogP contribution in [-0.2, 0) is 19.3 Å². The van der Waals surface area contributed by atoms with E-state index in [0.717, 1.165) is 50.8 Å². The van der Waals surface area contributed by atoms with E-state index in [-0.39, 0.29) is 36.8 Å². The summed E-state index contributed by atoms with van der Waals surface area (Å²) in [5.41, 5.74) is 6.33. The molecule has 3 aliphatic rings. The highest BCUT2D eigenvalue weighted by atomic mass is 19.1. The third kappa shape index (κ3) is 5.06. The maximum atomic E-state index is 16.0. The summed E-state index contributed by atoms with van der Waals surface area (Å²) in [6.07, 6.45) is 7.95. The average Bonchev–Trinajstić information content (AvgIpc) is 3.21. The SMILES string of the molecule is C/C(CN1C(=O)c2ccccc2C1=O)=C(\F)CN(C[C@@H]1CCc2ccccc2C1)[C@H]1CCCc2cccnc21. The number of aromatic nitrogens is 1. The number of halogens is 1. The van der Waals surface area contributed by atoms with Crippen LogP contribution in [0.2, 0.25) is 0 Å². The molecule has 200 valence electrons. The van der Waals surface area contributed by atoms with Crippen LogP contribution in [0.1, 0.15) is 75.3 Å². The van der Waals surface area contributed by atoms with Crippen LogP contribution < -0.4 is 0 Å². The molecule has 0 N–H and O–H groups in total. The first-order valence-corrected chi connectivity index (χ1v) is 14.0. The second-order valence-electron chi connectivity index (χ2n) is 11.2. The molecule has 2 aromatic carbocycles. The Labute approximate surface area is 229 Å². The van der Waals surface area contributed by atoms with E-state index in [1.807, 2.05) is 12.3 Å². The Morgan fingerprint density at radius 2 is 1.62 bits per heavy atom. The number of carbonyl (C=O) groups excluding carboxylic acids is 2. The van der Waals surface area contributed by atoms with Gasteiger partial charge in [-0.2, -0.15) is 0 Å². The van der Waals surface area contributed by atoms with Crippen molar-refractivity contribution >= 4 is 11.8 Å². The Morgan fingerprint density at radius 3 is 2.38 bits per heavy atom. The summed E-state index contributed by atoms with van der Waals surface area (Å²) in [5.74, 6) is -0.555. The van der Waals surface area contributed by atoms with Crippen molar-refractivity contribution < 1.29 is 14.0 Å². The molecule has 6 heteroatoms. The van der Waals surface area contributed by atoms with Crippen LogP contribution in [0.4, 0.5) is 4.39 Å². The first-order chi connectivity index (χ1) is 19.0. The molecular weight excluding hydrogens is 489 g/mol. The molecule has 39 heavy (non-hydrogen) atoms. The third-order valence-electron chi connectivity index (χ3n) is 8.63. The summed E-state index contributed by atoms with van der Waals surface area (Å²) in [7, 11) is 0. The second-order valence-corrected chi connectivity index (χ2v) is 11.2. The van der Waals surface area contributed by atoms with Gasteiger partial charge in [0.25, 0.3) is 11.8 Å². The van der Waals surface area contributed by atoms with E-state index in [4.69, 9.17) is 4.98 Å². The second kappa shape index (κ2) is 10.9. The lowest BCUT2D eigenvalue weighted by Gasteiger charge is -2.38. The number of aryl methyl sites for hydroxylation is 2. The zero-order valence-electron chi connectivity index (χ0n) is 22.4. The molecule has 5 nitrogen and oxygen atoms in total. The maximum absolute atomic E-state index is 16.0. The normalized spacial score (nSPS) is 20.9. The minimum Gasteiger partial charge on any atom is -0.288 e. The van der Waals surface area contributed by atoms with Gasteiger partial charge in [0.15, 0.2) is 0 Å². The fourth-order valence-corrected chi connectivity index (χ4v) is 6.52. The van der Waals surface area contributed by atoms with E-state index in [1.165, 1.54) is 21.6 Å². The van der Waals surface area contributed by atoms with E-state index < -0.39 is 0 Å². The van der Waals surface area contributed by atoms with Gasteiger partial charge in [-0.15, -0.1) is 0 Å². The topological polar surface area (TPSA) is 53.5 Å². The number of hydrogen-bond acceptors (Lipinski definition) is 4. The highest BCUT2D eigenvalue weighted by Crippen LogP contribution is 2.36. The molecule has 0 fully saturated rings. The van der Waals surface area contributed by atoms with Crippen molar-refractivity contribution in [2.45, 2.75) is 51.5 Å². The Balaban J connectivity index is 1.24. The number of nitrogens with zero attached hydrogens (tertiary/aromatic N) is 3. The van der Waals surface area contributed by atoms with Crippen molar-refractivity contribution in [1.82, 2.24) is 14.8 Å². The van der Waals surface area contributed by atoms with Gasteiger partial charge in [-0.3, -0.25) is 24.4 Å². The highest BCUT2D eigenvalue weighted by Gasteiger charge is 2.36. The number of hydrogen-bond donors (Lipinski definition) is 0. The summed E-state index contributed by atoms with van der Waals surface area (Å²) in [5, 5.41) is 0. The molecule has 1 aliphatic heterocycles. The summed E-state index contributed by atoms with van der Waals surface area (Å²) in [4.78, 5) is 33.9. The van der Waals surface area contributed by atoms with Gasteiger partial charge in [0.1, 0.15) is 5.83 Å². The van der Waals surface area contributed by atoms with E-state index in [2.05, 4.69) is 35.2 Å². The van der Waals surface area contributed by atoms with Crippen LogP contribution in [-0.4, -0.2) is 46.2 Å². The van der Waals surface area contributed by atoms with Gasteiger partial charge in [0.05, 0.1) is 36.0 Å². The van der Waals surface area contributed by atoms with Gasteiger partial charge >= 0.3 is 0 Å². The van der Waals surface area contributed by atoms with Gasteiger partial charge in [0, 0.05) is 12.7 Å². The van der Waals surface area contributed by atoms with E-state index in [1.54, 1.807) is 31.2 Å². The van der Waals surface area contributed by atoms with Crippen LogP contribution in [0.5, 0.6) is 0 Å². The third-order valence-corrected chi connectivity index (χ3v) is 8.63. The van der Waals surface area contributed by atoms with E-state index in [9.17, 15) is 9.59 Å². The molecule has 2 heterocycles. The van der Waals surface area contributed by atoms with Crippen LogP contribution in [0.3, 0.4) is 0 Å². The lowest BCUT2D eigenvalue weighted by Crippen LogP contribution is -2.39. The smallest absolute Gasteiger partial charge is 0.261 e. The number of amides is 2.